The molecule has 0 heterocycles. The van der Waals surface area contributed by atoms with Gasteiger partial charge in [0, 0.05) is 16.7 Å². The molecular formula is C19H20O2. The molecule has 0 saturated carbocycles. The van der Waals surface area contributed by atoms with Crippen molar-refractivity contribution in [3.8, 4) is 0 Å². The third kappa shape index (κ3) is 3.27. The quantitative estimate of drug-likeness (QED) is 0.604. The summed E-state index contributed by atoms with van der Waals surface area (Å²) < 4.78 is 0. The number of carbonyl (C=O) groups excluding carboxylic acids is 2. The predicted octanol–water partition coefficient (Wildman–Crippen LogP) is 4.30. The molecule has 2 heteroatoms. The Bertz CT molecular complexity index is 667. The molecule has 0 N–H and O–H groups in total. The van der Waals surface area contributed by atoms with Gasteiger partial charge in [0.1, 0.15) is 0 Å². The first-order valence-electron chi connectivity index (χ1n) is 7.27. The Morgan fingerprint density at radius 3 is 2.33 bits per heavy atom. The average molecular weight is 280 g/mol. The topological polar surface area (TPSA) is 34.1 Å². The van der Waals surface area contributed by atoms with Crippen LogP contribution >= 0.6 is 0 Å². The summed E-state index contributed by atoms with van der Waals surface area (Å²) in [6.45, 7) is 5.93. The molecule has 0 saturated heterocycles. The van der Waals surface area contributed by atoms with Crippen LogP contribution in [0.5, 0.6) is 0 Å². The van der Waals surface area contributed by atoms with E-state index in [1.54, 1.807) is 6.07 Å². The van der Waals surface area contributed by atoms with Gasteiger partial charge < -0.3 is 0 Å². The molecule has 0 aromatic heterocycles. The number of hydrogen-bond acceptors (Lipinski definition) is 2. The SMILES string of the molecule is CCCc1ccc(C(=O)c2c(C)cc(C)cc2C=O)cc1. The van der Waals surface area contributed by atoms with E-state index in [2.05, 4.69) is 6.92 Å². The molecule has 2 nitrogen and oxygen atoms in total. The van der Waals surface area contributed by atoms with E-state index < -0.39 is 0 Å². The lowest BCUT2D eigenvalue weighted by Gasteiger charge is -2.10. The molecular weight excluding hydrogens is 260 g/mol. The van der Waals surface area contributed by atoms with Crippen LogP contribution in [0.2, 0.25) is 0 Å². The van der Waals surface area contributed by atoms with Gasteiger partial charge in [-0.3, -0.25) is 9.59 Å². The second kappa shape index (κ2) is 6.49. The Balaban J connectivity index is 2.42. The first-order valence-corrected chi connectivity index (χ1v) is 7.27. The van der Waals surface area contributed by atoms with Crippen molar-refractivity contribution < 1.29 is 9.59 Å². The predicted molar refractivity (Wildman–Crippen MR) is 85.2 cm³/mol. The average Bonchev–Trinajstić information content (AvgIpc) is 2.47. The van der Waals surface area contributed by atoms with Gasteiger partial charge in [0.2, 0.25) is 0 Å². The lowest BCUT2D eigenvalue weighted by molar-refractivity contribution is 0.102. The van der Waals surface area contributed by atoms with Crippen LogP contribution in [0.25, 0.3) is 0 Å². The zero-order valence-corrected chi connectivity index (χ0v) is 12.8. The minimum atomic E-state index is -0.0855. The molecule has 0 bridgehead atoms. The Kier molecular flexibility index (Phi) is 4.69. The number of carbonyl (C=O) groups is 2. The second-order valence-corrected chi connectivity index (χ2v) is 5.44. The van der Waals surface area contributed by atoms with E-state index in [-0.39, 0.29) is 5.78 Å². The van der Waals surface area contributed by atoms with Crippen LogP contribution in [0.4, 0.5) is 0 Å². The first-order chi connectivity index (χ1) is 10.1. The molecule has 2 rings (SSSR count). The summed E-state index contributed by atoms with van der Waals surface area (Å²) in [4.78, 5) is 23.9. The molecule has 0 atom stereocenters. The fourth-order valence-electron chi connectivity index (χ4n) is 2.66. The van der Waals surface area contributed by atoms with Gasteiger partial charge in [-0.25, -0.2) is 0 Å². The molecule has 0 unspecified atom stereocenters. The third-order valence-corrected chi connectivity index (χ3v) is 3.62. The van der Waals surface area contributed by atoms with Gasteiger partial charge in [-0.05, 0) is 37.5 Å². The summed E-state index contributed by atoms with van der Waals surface area (Å²) >= 11 is 0. The Morgan fingerprint density at radius 2 is 1.76 bits per heavy atom. The molecule has 0 radical (unpaired) electrons. The van der Waals surface area contributed by atoms with Crippen LogP contribution in [0.1, 0.15) is 56.3 Å². The summed E-state index contributed by atoms with van der Waals surface area (Å²) in [6.07, 6.45) is 2.86. The minimum Gasteiger partial charge on any atom is -0.298 e. The van der Waals surface area contributed by atoms with Crippen LogP contribution in [0.15, 0.2) is 36.4 Å². The fourth-order valence-corrected chi connectivity index (χ4v) is 2.66. The lowest BCUT2D eigenvalue weighted by Crippen LogP contribution is -2.08. The molecule has 0 aliphatic rings. The van der Waals surface area contributed by atoms with Crippen LogP contribution in [0, 0.1) is 13.8 Å². The molecule has 2 aromatic rings. The number of hydrogen-bond donors (Lipinski definition) is 0. The highest BCUT2D eigenvalue weighted by atomic mass is 16.1. The Hall–Kier alpha value is -2.22. The zero-order valence-electron chi connectivity index (χ0n) is 12.8. The highest BCUT2D eigenvalue weighted by Gasteiger charge is 2.16. The largest absolute Gasteiger partial charge is 0.298 e. The molecule has 0 spiro atoms. The van der Waals surface area contributed by atoms with Crippen molar-refractivity contribution in [2.24, 2.45) is 0 Å². The number of aryl methyl sites for hydroxylation is 3. The maximum atomic E-state index is 12.7. The Labute approximate surface area is 125 Å². The van der Waals surface area contributed by atoms with E-state index in [4.69, 9.17) is 0 Å². The van der Waals surface area contributed by atoms with E-state index in [0.717, 1.165) is 30.3 Å². The lowest BCUT2D eigenvalue weighted by atomic mass is 9.92. The molecule has 2 aromatic carbocycles. The van der Waals surface area contributed by atoms with Gasteiger partial charge >= 0.3 is 0 Å². The van der Waals surface area contributed by atoms with Crippen LogP contribution < -0.4 is 0 Å². The van der Waals surface area contributed by atoms with Gasteiger partial charge in [0.05, 0.1) is 0 Å². The van der Waals surface area contributed by atoms with Crippen molar-refractivity contribution in [3.63, 3.8) is 0 Å². The normalized spacial score (nSPS) is 10.4. The van der Waals surface area contributed by atoms with Crippen LogP contribution in [-0.4, -0.2) is 12.1 Å². The van der Waals surface area contributed by atoms with Gasteiger partial charge in [-0.15, -0.1) is 0 Å². The van der Waals surface area contributed by atoms with E-state index in [1.165, 1.54) is 5.56 Å². The van der Waals surface area contributed by atoms with Crippen molar-refractivity contribution in [2.75, 3.05) is 0 Å². The summed E-state index contributed by atoms with van der Waals surface area (Å²) in [6, 6.07) is 11.4. The standard InChI is InChI=1S/C19H20O2/c1-4-5-15-6-8-16(9-7-15)19(21)18-14(3)10-13(2)11-17(18)12-20/h6-12H,4-5H2,1-3H3. The molecule has 108 valence electrons. The van der Waals surface area contributed by atoms with Crippen molar-refractivity contribution in [3.05, 3.63) is 69.8 Å². The van der Waals surface area contributed by atoms with E-state index in [9.17, 15) is 9.59 Å². The molecule has 0 aliphatic heterocycles. The van der Waals surface area contributed by atoms with Gasteiger partial charge in [0.25, 0.3) is 0 Å². The number of aldehydes is 1. The van der Waals surface area contributed by atoms with E-state index >= 15 is 0 Å². The summed E-state index contributed by atoms with van der Waals surface area (Å²) in [5, 5.41) is 0. The van der Waals surface area contributed by atoms with E-state index in [1.807, 2.05) is 44.2 Å². The highest BCUT2D eigenvalue weighted by molar-refractivity contribution is 6.13. The smallest absolute Gasteiger partial charge is 0.194 e. The van der Waals surface area contributed by atoms with Crippen molar-refractivity contribution in [1.29, 1.82) is 0 Å². The van der Waals surface area contributed by atoms with Crippen molar-refractivity contribution in [2.45, 2.75) is 33.6 Å². The Morgan fingerprint density at radius 1 is 1.10 bits per heavy atom. The number of benzene rings is 2. The van der Waals surface area contributed by atoms with Crippen molar-refractivity contribution in [1.82, 2.24) is 0 Å². The van der Waals surface area contributed by atoms with Gasteiger partial charge in [0.15, 0.2) is 12.1 Å². The number of rotatable bonds is 5. The highest BCUT2D eigenvalue weighted by Crippen LogP contribution is 2.20. The molecule has 0 amide bonds. The number of ketones is 1. The monoisotopic (exact) mass is 280 g/mol. The summed E-state index contributed by atoms with van der Waals surface area (Å²) in [7, 11) is 0. The van der Waals surface area contributed by atoms with E-state index in [0.29, 0.717) is 16.7 Å². The minimum absolute atomic E-state index is 0.0855. The maximum absolute atomic E-state index is 12.7. The maximum Gasteiger partial charge on any atom is 0.194 e. The van der Waals surface area contributed by atoms with Crippen molar-refractivity contribution >= 4 is 12.1 Å². The zero-order chi connectivity index (χ0) is 15.4. The first kappa shape index (κ1) is 15.2. The molecule has 0 aliphatic carbocycles. The third-order valence-electron chi connectivity index (χ3n) is 3.62. The molecule has 21 heavy (non-hydrogen) atoms. The molecule has 0 fully saturated rings. The van der Waals surface area contributed by atoms with Crippen LogP contribution in [0.3, 0.4) is 0 Å². The van der Waals surface area contributed by atoms with Gasteiger partial charge in [-0.2, -0.15) is 0 Å². The second-order valence-electron chi connectivity index (χ2n) is 5.44. The van der Waals surface area contributed by atoms with Gasteiger partial charge in [-0.1, -0.05) is 49.2 Å². The summed E-state index contributed by atoms with van der Waals surface area (Å²) in [5.41, 5.74) is 4.67. The summed E-state index contributed by atoms with van der Waals surface area (Å²) in [5.74, 6) is -0.0855. The van der Waals surface area contributed by atoms with Crippen LogP contribution in [-0.2, 0) is 6.42 Å². The fraction of sp³-hybridized carbons (Fsp3) is 0.263.